The van der Waals surface area contributed by atoms with E-state index >= 15 is 0 Å². The number of hydrogen-bond donors (Lipinski definition) is 1. The number of carbonyl (C=O) groups excluding carboxylic acids is 1. The molecule has 0 amide bonds. The zero-order valence-corrected chi connectivity index (χ0v) is 13.2. The number of nitrogens with two attached hydrogens (primary N) is 1. The molecule has 2 N–H and O–H groups in total. The summed E-state index contributed by atoms with van der Waals surface area (Å²) in [5.74, 6) is -0.369. The number of hydrogen-bond acceptors (Lipinski definition) is 2. The number of ketones is 1. The zero-order valence-electron chi connectivity index (χ0n) is 12.4. The summed E-state index contributed by atoms with van der Waals surface area (Å²) >= 11 is 6.55. The highest BCUT2D eigenvalue weighted by molar-refractivity contribution is 7.21. The minimum absolute atomic E-state index is 0.0252. The first-order valence-corrected chi connectivity index (χ1v) is 7.45. The van der Waals surface area contributed by atoms with Crippen LogP contribution < -0.4 is 33.0 Å². The van der Waals surface area contributed by atoms with Gasteiger partial charge < -0.3 is 5.73 Å². The maximum absolute atomic E-state index is 12.7. The second-order valence-corrected chi connectivity index (χ2v) is 6.88. The van der Waals surface area contributed by atoms with Gasteiger partial charge in [0.05, 0.1) is 29.1 Å². The number of rotatable bonds is 0. The molecule has 0 aromatic heterocycles. The summed E-state index contributed by atoms with van der Waals surface area (Å²) in [5.41, 5.74) is 5.31. The van der Waals surface area contributed by atoms with Crippen LogP contribution in [0.25, 0.3) is 0 Å². The largest absolute Gasteiger partial charge is 0.316 e. The summed E-state index contributed by atoms with van der Waals surface area (Å²) in [4.78, 5) is 12.7. The number of carbonyl (C=O) groups is 1. The first-order chi connectivity index (χ1) is 10.4. The Bertz CT molecular complexity index is 755. The number of Topliss-reactive ketones (excluding diaryl/α,β-unsaturated/α-hetero) is 1. The molecule has 96 valence electrons. The van der Waals surface area contributed by atoms with E-state index < -0.39 is 22.1 Å². The van der Waals surface area contributed by atoms with Crippen LogP contribution in [0, 0.1) is 0 Å². The Labute approximate surface area is 150 Å². The van der Waals surface area contributed by atoms with Gasteiger partial charge in [-0.3, -0.25) is 4.79 Å². The van der Waals surface area contributed by atoms with E-state index in [0.717, 1.165) is 0 Å². The van der Waals surface area contributed by atoms with Crippen molar-refractivity contribution >= 4 is 106 Å². The standard InChI is InChI=1S/C12H6B8ClNO/c13-5-4-9(8(16)7(15)6(5)14)20(21)12(19)10(17,18)2-1-3(23)11(4,12)22/h1-2,22H2. The van der Waals surface area contributed by atoms with Gasteiger partial charge in [-0.1, -0.05) is 17.3 Å². The fraction of sp³-hybridized carbons (Fsp3) is 0.417. The first-order valence-electron chi connectivity index (χ1n) is 7.02. The van der Waals surface area contributed by atoms with Crippen LogP contribution in [-0.4, -0.2) is 66.8 Å². The summed E-state index contributed by atoms with van der Waals surface area (Å²) in [6, 6.07) is 0. The van der Waals surface area contributed by atoms with Crippen LogP contribution in [0.2, 0.25) is 10.4 Å². The molecule has 14 radical (unpaired) electrons. The third-order valence-corrected chi connectivity index (χ3v) is 5.94. The van der Waals surface area contributed by atoms with Gasteiger partial charge in [0, 0.05) is 6.42 Å². The van der Waals surface area contributed by atoms with Gasteiger partial charge >= 0.3 is 0 Å². The Morgan fingerprint density at radius 2 is 1.52 bits per heavy atom. The van der Waals surface area contributed by atoms with Gasteiger partial charge in [0.25, 0.3) is 6.13 Å². The van der Waals surface area contributed by atoms with Crippen LogP contribution in [0.3, 0.4) is 0 Å². The average Bonchev–Trinajstić information content (AvgIpc) is 2.68. The van der Waals surface area contributed by atoms with Crippen LogP contribution in [0.5, 0.6) is 0 Å². The lowest BCUT2D eigenvalue weighted by atomic mass is 9.18. The fourth-order valence-electron chi connectivity index (χ4n) is 3.87. The molecule has 1 aliphatic heterocycles. The minimum Gasteiger partial charge on any atom is -0.316 e. The molecule has 1 fully saturated rings. The molecule has 2 unspecified atom stereocenters. The molecule has 1 saturated carbocycles. The van der Waals surface area contributed by atoms with E-state index in [0.29, 0.717) is 0 Å². The smallest absolute Gasteiger partial charge is 0.282 e. The van der Waals surface area contributed by atoms with Crippen molar-refractivity contribution in [1.82, 2.24) is 0 Å². The van der Waals surface area contributed by atoms with Crippen molar-refractivity contribution < 1.29 is 4.79 Å². The lowest BCUT2D eigenvalue weighted by molar-refractivity contribution is -0.127. The monoisotopic (exact) mass is 303 g/mol. The van der Waals surface area contributed by atoms with Gasteiger partial charge in [0.15, 0.2) is 5.78 Å². The van der Waals surface area contributed by atoms with Crippen molar-refractivity contribution in [1.29, 1.82) is 0 Å². The predicted molar refractivity (Wildman–Crippen MR) is 102 cm³/mol. The number of benzene rings is 1. The van der Waals surface area contributed by atoms with E-state index in [2.05, 4.69) is 0 Å². The van der Waals surface area contributed by atoms with Gasteiger partial charge in [-0.2, -0.15) is 11.5 Å². The summed E-state index contributed by atoms with van der Waals surface area (Å²) in [6.07, 6.45) is -0.884. The van der Waals surface area contributed by atoms with E-state index in [1.165, 1.54) is 0 Å². The van der Waals surface area contributed by atoms with Crippen molar-refractivity contribution in [2.24, 2.45) is 5.73 Å². The van der Waals surface area contributed by atoms with E-state index in [9.17, 15) is 4.79 Å². The van der Waals surface area contributed by atoms with E-state index in [-0.39, 0.29) is 51.5 Å². The van der Waals surface area contributed by atoms with Gasteiger partial charge in [0.1, 0.15) is 31.4 Å². The third-order valence-electron chi connectivity index (χ3n) is 5.38. The Hall–Kier alpha value is -0.341. The molecule has 1 heterocycles. The summed E-state index contributed by atoms with van der Waals surface area (Å²) in [5, 5.41) is -3.20. The van der Waals surface area contributed by atoms with E-state index in [4.69, 9.17) is 72.1 Å². The van der Waals surface area contributed by atoms with Gasteiger partial charge in [-0.05, 0) is 10.8 Å². The quantitative estimate of drug-likeness (QED) is 0.489. The summed E-state index contributed by atoms with van der Waals surface area (Å²) < 4.78 is 0. The molecule has 1 aliphatic carbocycles. The maximum Gasteiger partial charge on any atom is 0.282 e. The van der Waals surface area contributed by atoms with E-state index in [1.54, 1.807) is 0 Å². The topological polar surface area (TPSA) is 43.1 Å². The lowest BCUT2D eigenvalue weighted by Gasteiger charge is -2.57. The average molecular weight is 302 g/mol. The van der Waals surface area contributed by atoms with Crippen LogP contribution in [-0.2, 0) is 10.3 Å². The second kappa shape index (κ2) is 4.85. The number of halogens is 1. The highest BCUT2D eigenvalue weighted by Crippen LogP contribution is 2.65. The molecule has 11 heteroatoms. The van der Waals surface area contributed by atoms with Gasteiger partial charge in [-0.25, -0.2) is 0 Å². The highest BCUT2D eigenvalue weighted by atomic mass is 35.5. The first kappa shape index (κ1) is 17.5. The molecule has 0 spiro atoms. The molecule has 2 aliphatic rings. The highest BCUT2D eigenvalue weighted by Gasteiger charge is 2.69. The van der Waals surface area contributed by atoms with Crippen LogP contribution >= 0.6 is 11.5 Å². The van der Waals surface area contributed by atoms with Crippen LogP contribution in [0.1, 0.15) is 18.4 Å². The zero-order chi connectivity index (χ0) is 17.5. The summed E-state index contributed by atoms with van der Waals surface area (Å²) in [6.45, 7) is 0. The molecule has 1 aromatic carbocycles. The Morgan fingerprint density at radius 1 is 1.00 bits per heavy atom. The van der Waals surface area contributed by atoms with Crippen molar-refractivity contribution in [3.05, 3.63) is 5.56 Å². The van der Waals surface area contributed by atoms with Gasteiger partial charge in [0.2, 0.25) is 0 Å². The lowest BCUT2D eigenvalue weighted by Crippen LogP contribution is -2.64. The van der Waals surface area contributed by atoms with E-state index in [1.807, 2.05) is 0 Å². The Balaban J connectivity index is 2.49. The molecule has 0 bridgehead atoms. The number of fused-ring (bicyclic) bond motifs is 3. The molecule has 3 rings (SSSR count). The molecule has 0 saturated heterocycles. The minimum atomic E-state index is -1.80. The molecule has 2 nitrogen and oxygen atoms in total. The van der Waals surface area contributed by atoms with Crippen LogP contribution in [0.4, 0.5) is 0 Å². The van der Waals surface area contributed by atoms with Crippen molar-refractivity contribution in [2.75, 3.05) is 0 Å². The maximum atomic E-state index is 12.7. The Kier molecular flexibility index (Phi) is 3.69. The van der Waals surface area contributed by atoms with Crippen molar-refractivity contribution in [3.8, 4) is 0 Å². The van der Waals surface area contributed by atoms with Gasteiger partial charge in [-0.15, -0.1) is 21.6 Å². The third kappa shape index (κ3) is 1.73. The SMILES string of the molecule is [B]c1c([B])c([B])c2c(c1[B])B(Cl)C1([B])C([B])([B])CCC(=O)C21N. The van der Waals surface area contributed by atoms with Crippen molar-refractivity contribution in [2.45, 2.75) is 28.8 Å². The van der Waals surface area contributed by atoms with Crippen LogP contribution in [0.15, 0.2) is 0 Å². The molecule has 1 aromatic rings. The molecule has 2 atom stereocenters. The summed E-state index contributed by atoms with van der Waals surface area (Å²) in [7, 11) is 42.7. The predicted octanol–water partition coefficient (Wildman–Crippen LogP) is -4.85. The second-order valence-electron chi connectivity index (χ2n) is 6.45. The van der Waals surface area contributed by atoms with Crippen molar-refractivity contribution in [3.63, 3.8) is 0 Å². The normalized spacial score (nSPS) is 31.7. The Morgan fingerprint density at radius 3 is 2.09 bits per heavy atom. The molecular formula is C12H6B8ClNO. The fourth-order valence-corrected chi connectivity index (χ4v) is 4.47. The molecular weight excluding hydrogens is 296 g/mol. The molecule has 23 heavy (non-hydrogen) atoms.